The smallest absolute Gasteiger partial charge is 0.404 e. The molecule has 1 heterocycles. The molecule has 1 aromatic rings. The monoisotopic (exact) mass is 246 g/mol. The van der Waals surface area contributed by atoms with E-state index >= 15 is 0 Å². The number of nitrogens with zero attached hydrogens (tertiary/aromatic N) is 2. The summed E-state index contributed by atoms with van der Waals surface area (Å²) >= 11 is 5.77. The molecular weight excluding hydrogens is 236 g/mol. The number of rotatable bonds is 4. The van der Waals surface area contributed by atoms with Crippen LogP contribution in [0.1, 0.15) is 0 Å². The van der Waals surface area contributed by atoms with Crippen molar-refractivity contribution in [1.82, 2.24) is 9.78 Å². The summed E-state index contributed by atoms with van der Waals surface area (Å²) in [4.78, 5) is 21.6. The highest BCUT2D eigenvalue weighted by Crippen LogP contribution is 2.14. The van der Waals surface area contributed by atoms with E-state index in [-0.39, 0.29) is 18.2 Å². The molecule has 0 saturated carbocycles. The fraction of sp³-hybridized carbons (Fsp3) is 0.375. The number of carbonyl (C=O) groups excluding carboxylic acids is 1. The zero-order chi connectivity index (χ0) is 12.1. The van der Waals surface area contributed by atoms with Gasteiger partial charge in [0.15, 0.2) is 0 Å². The van der Waals surface area contributed by atoms with Crippen molar-refractivity contribution < 1.29 is 9.53 Å². The fourth-order valence-corrected chi connectivity index (χ4v) is 1.21. The first kappa shape index (κ1) is 12.3. The van der Waals surface area contributed by atoms with Gasteiger partial charge in [-0.1, -0.05) is 11.6 Å². The molecule has 0 aliphatic heterocycles. The van der Waals surface area contributed by atoms with E-state index < -0.39 is 11.7 Å². The van der Waals surface area contributed by atoms with Gasteiger partial charge in [0.25, 0.3) is 5.56 Å². The van der Waals surface area contributed by atoms with Crippen LogP contribution in [0.15, 0.2) is 11.0 Å². The van der Waals surface area contributed by atoms with Crippen molar-refractivity contribution in [2.45, 2.75) is 0 Å². The van der Waals surface area contributed by atoms with E-state index in [1.807, 2.05) is 0 Å². The number of amides is 1. The molecule has 0 fully saturated rings. The first-order chi connectivity index (χ1) is 7.52. The molecule has 16 heavy (non-hydrogen) atoms. The minimum absolute atomic E-state index is 0.0385. The van der Waals surface area contributed by atoms with E-state index in [1.54, 1.807) is 0 Å². The first-order valence-electron chi connectivity index (χ1n) is 4.40. The predicted octanol–water partition coefficient (Wildman–Crippen LogP) is -0.0591. The molecule has 0 radical (unpaired) electrons. The summed E-state index contributed by atoms with van der Waals surface area (Å²) in [6, 6.07) is 0. The van der Waals surface area contributed by atoms with E-state index in [0.717, 1.165) is 4.68 Å². The lowest BCUT2D eigenvalue weighted by Gasteiger charge is -2.07. The Labute approximate surface area is 96.1 Å². The van der Waals surface area contributed by atoms with Crippen LogP contribution in [0, 0.1) is 0 Å². The molecular formula is C8H11ClN4O3. The van der Waals surface area contributed by atoms with Gasteiger partial charge in [-0.2, -0.15) is 5.10 Å². The van der Waals surface area contributed by atoms with E-state index in [2.05, 4.69) is 15.2 Å². The van der Waals surface area contributed by atoms with Gasteiger partial charge in [-0.25, -0.2) is 9.48 Å². The number of primary amides is 1. The molecule has 1 rings (SSSR count). The highest BCUT2D eigenvalue weighted by atomic mass is 35.5. The van der Waals surface area contributed by atoms with Crippen molar-refractivity contribution >= 4 is 23.4 Å². The molecule has 7 nitrogen and oxygen atoms in total. The molecule has 8 heteroatoms. The largest absolute Gasteiger partial charge is 0.448 e. The number of carbonyl (C=O) groups is 1. The second-order valence-corrected chi connectivity index (χ2v) is 3.27. The molecule has 1 aromatic heterocycles. The standard InChI is InChI=1S/C8H11ClN4O3/c1-13-7(14)6(9)5(4-12-13)11-2-3-16-8(10)15/h4,11H,2-3H2,1H3,(H2,10,15). The molecule has 0 aliphatic carbocycles. The number of halogens is 1. The van der Waals surface area contributed by atoms with Crippen LogP contribution < -0.4 is 16.6 Å². The third kappa shape index (κ3) is 3.13. The summed E-state index contributed by atoms with van der Waals surface area (Å²) in [5.41, 5.74) is 4.75. The molecule has 3 N–H and O–H groups in total. The molecule has 0 spiro atoms. The fourth-order valence-electron chi connectivity index (χ4n) is 0.971. The summed E-state index contributed by atoms with van der Waals surface area (Å²) < 4.78 is 5.61. The number of hydrogen-bond acceptors (Lipinski definition) is 5. The minimum Gasteiger partial charge on any atom is -0.448 e. The normalized spacial score (nSPS) is 9.88. The summed E-state index contributed by atoms with van der Waals surface area (Å²) in [6.07, 6.45) is 0.559. The lowest BCUT2D eigenvalue weighted by Crippen LogP contribution is -2.23. The van der Waals surface area contributed by atoms with Gasteiger partial charge in [-0.15, -0.1) is 0 Å². The Hall–Kier alpha value is -1.76. The van der Waals surface area contributed by atoms with Crippen LogP contribution in [0.5, 0.6) is 0 Å². The maximum absolute atomic E-state index is 11.4. The van der Waals surface area contributed by atoms with Crippen molar-refractivity contribution in [3.63, 3.8) is 0 Å². The lowest BCUT2D eigenvalue weighted by molar-refractivity contribution is 0.161. The van der Waals surface area contributed by atoms with Crippen molar-refractivity contribution in [1.29, 1.82) is 0 Å². The van der Waals surface area contributed by atoms with Gasteiger partial charge in [-0.3, -0.25) is 4.79 Å². The highest BCUT2D eigenvalue weighted by Gasteiger charge is 2.06. The maximum Gasteiger partial charge on any atom is 0.404 e. The van der Waals surface area contributed by atoms with Crippen LogP contribution in [-0.4, -0.2) is 29.0 Å². The quantitative estimate of drug-likeness (QED) is 0.725. The average Bonchev–Trinajstić information content (AvgIpc) is 2.23. The average molecular weight is 247 g/mol. The number of hydrogen-bond donors (Lipinski definition) is 2. The Bertz CT molecular complexity index is 445. The SMILES string of the molecule is Cn1ncc(NCCOC(N)=O)c(Cl)c1=O. The molecule has 88 valence electrons. The van der Waals surface area contributed by atoms with Gasteiger partial charge in [0.1, 0.15) is 11.6 Å². The van der Waals surface area contributed by atoms with Crippen LogP contribution >= 0.6 is 11.6 Å². The predicted molar refractivity (Wildman–Crippen MR) is 58.5 cm³/mol. The summed E-state index contributed by atoms with van der Waals surface area (Å²) in [5, 5.41) is 6.61. The van der Waals surface area contributed by atoms with Crippen LogP contribution in [0.3, 0.4) is 0 Å². The Morgan fingerprint density at radius 1 is 1.75 bits per heavy atom. The Balaban J connectivity index is 2.58. The summed E-state index contributed by atoms with van der Waals surface area (Å²) in [5.74, 6) is 0. The maximum atomic E-state index is 11.4. The van der Waals surface area contributed by atoms with Crippen molar-refractivity contribution in [3.8, 4) is 0 Å². The zero-order valence-corrected chi connectivity index (χ0v) is 9.32. The minimum atomic E-state index is -0.852. The zero-order valence-electron chi connectivity index (χ0n) is 8.57. The second-order valence-electron chi connectivity index (χ2n) is 2.90. The van der Waals surface area contributed by atoms with Gasteiger partial charge < -0.3 is 15.8 Å². The third-order valence-corrected chi connectivity index (χ3v) is 2.11. The van der Waals surface area contributed by atoms with Gasteiger partial charge in [0.2, 0.25) is 0 Å². The van der Waals surface area contributed by atoms with Crippen LogP contribution in [0.2, 0.25) is 5.02 Å². The lowest BCUT2D eigenvalue weighted by atomic mass is 10.4. The van der Waals surface area contributed by atoms with Crippen LogP contribution in [-0.2, 0) is 11.8 Å². The Morgan fingerprint density at radius 2 is 2.44 bits per heavy atom. The number of nitrogens with two attached hydrogens (primary N) is 1. The second kappa shape index (κ2) is 5.36. The van der Waals surface area contributed by atoms with Crippen molar-refractivity contribution in [2.24, 2.45) is 12.8 Å². The number of aromatic nitrogens is 2. The number of aryl methyl sites for hydroxylation is 1. The number of ether oxygens (including phenoxy) is 1. The van der Waals surface area contributed by atoms with Gasteiger partial charge in [-0.05, 0) is 0 Å². The van der Waals surface area contributed by atoms with E-state index in [0.29, 0.717) is 5.69 Å². The third-order valence-electron chi connectivity index (χ3n) is 1.74. The Kier molecular flexibility index (Phi) is 4.12. The van der Waals surface area contributed by atoms with Crippen molar-refractivity contribution in [3.05, 3.63) is 21.6 Å². The van der Waals surface area contributed by atoms with Gasteiger partial charge in [0.05, 0.1) is 11.9 Å². The molecule has 0 saturated heterocycles. The van der Waals surface area contributed by atoms with Crippen molar-refractivity contribution in [2.75, 3.05) is 18.5 Å². The molecule has 0 aliphatic rings. The van der Waals surface area contributed by atoms with Gasteiger partial charge >= 0.3 is 6.09 Å². The van der Waals surface area contributed by atoms with Crippen LogP contribution in [0.4, 0.5) is 10.5 Å². The topological polar surface area (TPSA) is 99.2 Å². The summed E-state index contributed by atoms with van der Waals surface area (Å²) in [7, 11) is 1.49. The molecule has 0 bridgehead atoms. The van der Waals surface area contributed by atoms with E-state index in [4.69, 9.17) is 17.3 Å². The van der Waals surface area contributed by atoms with Gasteiger partial charge in [0, 0.05) is 13.6 Å². The number of anilines is 1. The first-order valence-corrected chi connectivity index (χ1v) is 4.78. The molecule has 1 amide bonds. The number of nitrogens with one attached hydrogen (secondary N) is 1. The summed E-state index contributed by atoms with van der Waals surface area (Å²) in [6.45, 7) is 0.373. The van der Waals surface area contributed by atoms with E-state index in [9.17, 15) is 9.59 Å². The highest BCUT2D eigenvalue weighted by molar-refractivity contribution is 6.32. The molecule has 0 atom stereocenters. The Morgan fingerprint density at radius 3 is 3.06 bits per heavy atom. The molecule has 0 unspecified atom stereocenters. The van der Waals surface area contributed by atoms with E-state index in [1.165, 1.54) is 13.2 Å². The van der Waals surface area contributed by atoms with Crippen LogP contribution in [0.25, 0.3) is 0 Å². The molecule has 0 aromatic carbocycles.